The van der Waals surface area contributed by atoms with Crippen molar-refractivity contribution in [3.8, 4) is 17.0 Å². The number of hydrogen-bond donors (Lipinski definition) is 1. The number of methoxy groups -OCH3 is 1. The van der Waals surface area contributed by atoms with Gasteiger partial charge >= 0.3 is 0 Å². The molecule has 2 rings (SSSR count). The predicted octanol–water partition coefficient (Wildman–Crippen LogP) is 3.81. The summed E-state index contributed by atoms with van der Waals surface area (Å²) < 4.78 is 20.8. The lowest BCUT2D eigenvalue weighted by molar-refractivity contribution is 0.386. The Bertz CT molecular complexity index is 635. The molecule has 2 N–H and O–H groups in total. The van der Waals surface area contributed by atoms with Gasteiger partial charge in [0.1, 0.15) is 17.3 Å². The smallest absolute Gasteiger partial charge is 0.165 e. The minimum atomic E-state index is -0.412. The lowest BCUT2D eigenvalue weighted by Gasteiger charge is -2.10. The van der Waals surface area contributed by atoms with E-state index >= 15 is 0 Å². The number of nitrogens with two attached hydrogens (primary N) is 1. The van der Waals surface area contributed by atoms with Crippen LogP contribution < -0.4 is 10.5 Å². The van der Waals surface area contributed by atoms with E-state index in [0.717, 1.165) is 18.8 Å². The highest BCUT2D eigenvalue weighted by molar-refractivity contribution is 5.71. The van der Waals surface area contributed by atoms with Crippen LogP contribution in [0.25, 0.3) is 11.3 Å². The van der Waals surface area contributed by atoms with E-state index in [0.29, 0.717) is 17.1 Å². The Hall–Kier alpha value is -2.04. The number of benzene rings is 1. The zero-order valence-corrected chi connectivity index (χ0v) is 13.0. The molecule has 1 aromatic carbocycles. The predicted molar refractivity (Wildman–Crippen MR) is 83.0 cm³/mol. The third-order valence-corrected chi connectivity index (χ3v) is 3.43. The van der Waals surface area contributed by atoms with Crippen LogP contribution in [-0.2, 0) is 6.54 Å². The second kappa shape index (κ2) is 6.16. The summed E-state index contributed by atoms with van der Waals surface area (Å²) in [5, 5.41) is 0. The first kappa shape index (κ1) is 15.4. The summed E-state index contributed by atoms with van der Waals surface area (Å²) in [6.45, 7) is 7.06. The summed E-state index contributed by atoms with van der Waals surface area (Å²) in [6.07, 6.45) is 0.969. The van der Waals surface area contributed by atoms with E-state index in [-0.39, 0.29) is 11.7 Å². The van der Waals surface area contributed by atoms with Crippen molar-refractivity contribution in [3.05, 3.63) is 29.8 Å². The summed E-state index contributed by atoms with van der Waals surface area (Å²) in [4.78, 5) is 4.63. The Kier molecular flexibility index (Phi) is 4.50. The number of ether oxygens (including phenoxy) is 1. The number of nitrogen functional groups attached to an aromatic ring is 1. The van der Waals surface area contributed by atoms with Gasteiger partial charge < -0.3 is 15.0 Å². The Morgan fingerprint density at radius 3 is 2.62 bits per heavy atom. The van der Waals surface area contributed by atoms with Gasteiger partial charge in [-0.1, -0.05) is 20.8 Å². The van der Waals surface area contributed by atoms with Crippen LogP contribution in [0, 0.1) is 5.82 Å². The Labute approximate surface area is 124 Å². The Morgan fingerprint density at radius 2 is 2.10 bits per heavy atom. The molecular weight excluding hydrogens is 269 g/mol. The number of hydrogen-bond acceptors (Lipinski definition) is 3. The number of nitrogens with zero attached hydrogens (tertiary/aromatic N) is 2. The van der Waals surface area contributed by atoms with E-state index in [2.05, 4.69) is 25.8 Å². The van der Waals surface area contributed by atoms with Gasteiger partial charge in [-0.25, -0.2) is 9.37 Å². The SMILES string of the molecule is CCCn1c(C(C)C)nc(-c2ccc(OC)c(F)c2)c1N. The zero-order valence-electron chi connectivity index (χ0n) is 13.0. The van der Waals surface area contributed by atoms with E-state index in [1.54, 1.807) is 12.1 Å². The van der Waals surface area contributed by atoms with E-state index in [1.807, 2.05) is 4.57 Å². The maximum absolute atomic E-state index is 13.9. The summed E-state index contributed by atoms with van der Waals surface area (Å²) in [7, 11) is 1.44. The van der Waals surface area contributed by atoms with E-state index < -0.39 is 5.82 Å². The van der Waals surface area contributed by atoms with Crippen LogP contribution in [0.15, 0.2) is 18.2 Å². The van der Waals surface area contributed by atoms with Crippen molar-refractivity contribution in [2.24, 2.45) is 0 Å². The second-order valence-electron chi connectivity index (χ2n) is 5.36. The Morgan fingerprint density at radius 1 is 1.38 bits per heavy atom. The van der Waals surface area contributed by atoms with Crippen LogP contribution in [0.4, 0.5) is 10.2 Å². The molecule has 0 radical (unpaired) electrons. The fraction of sp³-hybridized carbons (Fsp3) is 0.438. The molecule has 0 spiro atoms. The molecule has 114 valence electrons. The summed E-state index contributed by atoms with van der Waals surface area (Å²) in [5.74, 6) is 1.58. The maximum atomic E-state index is 13.9. The van der Waals surface area contributed by atoms with Crippen molar-refractivity contribution in [1.29, 1.82) is 0 Å². The molecular formula is C16H22FN3O. The fourth-order valence-electron chi connectivity index (χ4n) is 2.41. The first-order valence-electron chi connectivity index (χ1n) is 7.19. The van der Waals surface area contributed by atoms with Crippen LogP contribution >= 0.6 is 0 Å². The molecule has 2 aromatic rings. The number of aromatic nitrogens is 2. The standard InChI is InChI=1S/C16H22FN3O/c1-5-8-20-15(18)14(19-16(20)10(2)3)11-6-7-13(21-4)12(17)9-11/h6-7,9-10H,5,8,18H2,1-4H3. The number of rotatable bonds is 5. The van der Waals surface area contributed by atoms with Gasteiger partial charge in [-0.3, -0.25) is 0 Å². The van der Waals surface area contributed by atoms with Crippen molar-refractivity contribution in [3.63, 3.8) is 0 Å². The molecule has 0 fully saturated rings. The van der Waals surface area contributed by atoms with Gasteiger partial charge in [0.2, 0.25) is 0 Å². The molecule has 0 amide bonds. The van der Waals surface area contributed by atoms with Crippen molar-refractivity contribution < 1.29 is 9.13 Å². The maximum Gasteiger partial charge on any atom is 0.165 e. The van der Waals surface area contributed by atoms with Crippen LogP contribution in [0.3, 0.4) is 0 Å². The van der Waals surface area contributed by atoms with Crippen molar-refractivity contribution in [2.45, 2.75) is 39.7 Å². The number of imidazole rings is 1. The Balaban J connectivity index is 2.53. The minimum Gasteiger partial charge on any atom is -0.494 e. The highest BCUT2D eigenvalue weighted by atomic mass is 19.1. The summed E-state index contributed by atoms with van der Waals surface area (Å²) in [5.41, 5.74) is 7.53. The average molecular weight is 291 g/mol. The largest absolute Gasteiger partial charge is 0.494 e. The van der Waals surface area contributed by atoms with Gasteiger partial charge in [0.05, 0.1) is 7.11 Å². The van der Waals surface area contributed by atoms with E-state index in [9.17, 15) is 4.39 Å². The molecule has 0 aliphatic rings. The van der Waals surface area contributed by atoms with Gasteiger partial charge in [0.25, 0.3) is 0 Å². The van der Waals surface area contributed by atoms with E-state index in [1.165, 1.54) is 13.2 Å². The molecule has 0 saturated heterocycles. The lowest BCUT2D eigenvalue weighted by atomic mass is 10.1. The second-order valence-corrected chi connectivity index (χ2v) is 5.36. The number of anilines is 1. The summed E-state index contributed by atoms with van der Waals surface area (Å²) in [6, 6.07) is 4.79. The van der Waals surface area contributed by atoms with Crippen LogP contribution in [0.5, 0.6) is 5.75 Å². The fourth-order valence-corrected chi connectivity index (χ4v) is 2.41. The molecule has 0 atom stereocenters. The topological polar surface area (TPSA) is 53.1 Å². The van der Waals surface area contributed by atoms with Crippen molar-refractivity contribution >= 4 is 5.82 Å². The molecule has 1 heterocycles. The van der Waals surface area contributed by atoms with Gasteiger partial charge in [-0.15, -0.1) is 0 Å². The molecule has 0 saturated carbocycles. The van der Waals surface area contributed by atoms with Crippen molar-refractivity contribution in [1.82, 2.24) is 9.55 Å². The normalized spacial score (nSPS) is 11.1. The van der Waals surface area contributed by atoms with Gasteiger partial charge in [-0.05, 0) is 24.6 Å². The minimum absolute atomic E-state index is 0.217. The highest BCUT2D eigenvalue weighted by Crippen LogP contribution is 2.31. The molecule has 1 aromatic heterocycles. The molecule has 5 heteroatoms. The monoisotopic (exact) mass is 291 g/mol. The highest BCUT2D eigenvalue weighted by Gasteiger charge is 2.18. The quantitative estimate of drug-likeness (QED) is 0.911. The first-order valence-corrected chi connectivity index (χ1v) is 7.19. The lowest BCUT2D eigenvalue weighted by Crippen LogP contribution is -2.08. The molecule has 0 aliphatic heterocycles. The third kappa shape index (κ3) is 2.86. The van der Waals surface area contributed by atoms with Crippen LogP contribution in [0.1, 0.15) is 38.9 Å². The molecule has 0 bridgehead atoms. The van der Waals surface area contributed by atoms with Crippen LogP contribution in [0.2, 0.25) is 0 Å². The molecule has 21 heavy (non-hydrogen) atoms. The van der Waals surface area contributed by atoms with Crippen LogP contribution in [-0.4, -0.2) is 16.7 Å². The van der Waals surface area contributed by atoms with Crippen molar-refractivity contribution in [2.75, 3.05) is 12.8 Å². The van der Waals surface area contributed by atoms with Gasteiger partial charge in [0, 0.05) is 18.0 Å². The van der Waals surface area contributed by atoms with Gasteiger partial charge in [0.15, 0.2) is 11.6 Å². The number of halogens is 1. The third-order valence-electron chi connectivity index (χ3n) is 3.43. The first-order chi connectivity index (χ1) is 9.99. The van der Waals surface area contributed by atoms with Gasteiger partial charge in [-0.2, -0.15) is 0 Å². The zero-order chi connectivity index (χ0) is 15.6. The molecule has 0 unspecified atom stereocenters. The molecule has 4 nitrogen and oxygen atoms in total. The molecule has 0 aliphatic carbocycles. The summed E-state index contributed by atoms with van der Waals surface area (Å²) >= 11 is 0. The van der Waals surface area contributed by atoms with E-state index in [4.69, 9.17) is 10.5 Å². The average Bonchev–Trinajstić information content (AvgIpc) is 2.77.